The van der Waals surface area contributed by atoms with E-state index < -0.39 is 0 Å². The fourth-order valence-electron chi connectivity index (χ4n) is 2.58. The highest BCUT2D eigenvalue weighted by Crippen LogP contribution is 2.22. The number of ether oxygens (including phenoxy) is 1. The predicted octanol–water partition coefficient (Wildman–Crippen LogP) is 0.975. The summed E-state index contributed by atoms with van der Waals surface area (Å²) in [6.07, 6.45) is 0.425. The van der Waals surface area contributed by atoms with E-state index in [0.717, 1.165) is 5.56 Å². The molecular weight excluding hydrogens is 301 g/mol. The number of morpholine rings is 1. The van der Waals surface area contributed by atoms with Crippen LogP contribution >= 0.6 is 0 Å². The fraction of sp³-hybridized carbons (Fsp3) is 0.467. The van der Waals surface area contributed by atoms with Crippen LogP contribution in [0.4, 0.5) is 4.39 Å². The second-order valence-corrected chi connectivity index (χ2v) is 5.36. The number of benzene rings is 1. The molecule has 1 aliphatic heterocycles. The van der Waals surface area contributed by atoms with E-state index in [-0.39, 0.29) is 24.4 Å². The van der Waals surface area contributed by atoms with Crippen molar-refractivity contribution in [3.63, 3.8) is 0 Å². The van der Waals surface area contributed by atoms with Crippen molar-refractivity contribution >= 4 is 5.91 Å². The Morgan fingerprint density at radius 2 is 2.17 bits per heavy atom. The van der Waals surface area contributed by atoms with Crippen LogP contribution in [-0.2, 0) is 22.5 Å². The lowest BCUT2D eigenvalue weighted by atomic mass is 10.1. The summed E-state index contributed by atoms with van der Waals surface area (Å²) in [5, 5.41) is 11.3. The van der Waals surface area contributed by atoms with Crippen LogP contribution in [0.1, 0.15) is 24.4 Å². The Morgan fingerprint density at radius 1 is 1.39 bits per heavy atom. The minimum absolute atomic E-state index is 0.0533. The molecule has 2 heterocycles. The van der Waals surface area contributed by atoms with Crippen molar-refractivity contribution in [3.8, 4) is 0 Å². The van der Waals surface area contributed by atoms with Crippen LogP contribution < -0.4 is 0 Å². The molecular formula is C15H18FN5O2. The van der Waals surface area contributed by atoms with E-state index in [2.05, 4.69) is 15.5 Å². The number of tetrazole rings is 1. The van der Waals surface area contributed by atoms with Crippen molar-refractivity contribution in [3.05, 3.63) is 41.5 Å². The lowest BCUT2D eigenvalue weighted by Gasteiger charge is -2.33. The lowest BCUT2D eigenvalue weighted by molar-refractivity contribution is -0.139. The van der Waals surface area contributed by atoms with E-state index in [9.17, 15) is 9.18 Å². The predicted molar refractivity (Wildman–Crippen MR) is 78.9 cm³/mol. The van der Waals surface area contributed by atoms with Crippen LogP contribution in [0.3, 0.4) is 0 Å². The average Bonchev–Trinajstić information content (AvgIpc) is 3.03. The summed E-state index contributed by atoms with van der Waals surface area (Å²) in [5.41, 5.74) is 0.862. The van der Waals surface area contributed by atoms with E-state index in [1.54, 1.807) is 17.0 Å². The van der Waals surface area contributed by atoms with Gasteiger partial charge in [0.1, 0.15) is 18.5 Å². The third-order valence-electron chi connectivity index (χ3n) is 3.87. The second kappa shape index (κ2) is 6.82. The Morgan fingerprint density at radius 3 is 2.91 bits per heavy atom. The molecule has 1 aliphatic rings. The van der Waals surface area contributed by atoms with Crippen LogP contribution in [0.15, 0.2) is 24.3 Å². The molecule has 1 amide bonds. The van der Waals surface area contributed by atoms with Gasteiger partial charge in [0.25, 0.3) is 0 Å². The number of aryl methyl sites for hydroxylation is 1. The van der Waals surface area contributed by atoms with Crippen LogP contribution in [0, 0.1) is 5.82 Å². The molecule has 0 saturated carbocycles. The van der Waals surface area contributed by atoms with Crippen molar-refractivity contribution in [2.45, 2.75) is 26.0 Å². The Bertz CT molecular complexity index is 673. The van der Waals surface area contributed by atoms with Crippen molar-refractivity contribution in [2.75, 3.05) is 19.7 Å². The molecule has 8 heteroatoms. The van der Waals surface area contributed by atoms with Gasteiger partial charge in [-0.25, -0.2) is 9.07 Å². The summed E-state index contributed by atoms with van der Waals surface area (Å²) in [6.45, 7) is 3.47. The summed E-state index contributed by atoms with van der Waals surface area (Å²) in [5.74, 6) is 0.340. The molecule has 3 rings (SSSR count). The highest BCUT2D eigenvalue weighted by atomic mass is 19.1. The zero-order valence-corrected chi connectivity index (χ0v) is 12.9. The van der Waals surface area contributed by atoms with E-state index in [1.807, 2.05) is 6.92 Å². The summed E-state index contributed by atoms with van der Waals surface area (Å²) < 4.78 is 20.2. The SMILES string of the molecule is CCc1nnnn1CC(=O)N1CCO[C@H](c2ccc(F)cc2)C1. The van der Waals surface area contributed by atoms with Crippen LogP contribution in [0.2, 0.25) is 0 Å². The van der Waals surface area contributed by atoms with Gasteiger partial charge in [-0.1, -0.05) is 19.1 Å². The van der Waals surface area contributed by atoms with Crippen molar-refractivity contribution < 1.29 is 13.9 Å². The van der Waals surface area contributed by atoms with Crippen LogP contribution in [0.5, 0.6) is 0 Å². The molecule has 23 heavy (non-hydrogen) atoms. The summed E-state index contributed by atoms with van der Waals surface area (Å²) in [7, 11) is 0. The zero-order valence-electron chi connectivity index (χ0n) is 12.9. The lowest BCUT2D eigenvalue weighted by Crippen LogP contribution is -2.43. The largest absolute Gasteiger partial charge is 0.370 e. The maximum atomic E-state index is 13.0. The summed E-state index contributed by atoms with van der Waals surface area (Å²) in [6, 6.07) is 6.16. The molecule has 0 N–H and O–H groups in total. The first kappa shape index (κ1) is 15.5. The van der Waals surface area contributed by atoms with E-state index in [4.69, 9.17) is 4.74 Å². The van der Waals surface area contributed by atoms with E-state index in [1.165, 1.54) is 16.8 Å². The molecule has 7 nitrogen and oxygen atoms in total. The minimum atomic E-state index is -0.289. The van der Waals surface area contributed by atoms with E-state index >= 15 is 0 Å². The quantitative estimate of drug-likeness (QED) is 0.840. The number of nitrogens with zero attached hydrogens (tertiary/aromatic N) is 5. The molecule has 0 unspecified atom stereocenters. The Hall–Kier alpha value is -2.35. The number of hydrogen-bond acceptors (Lipinski definition) is 5. The minimum Gasteiger partial charge on any atom is -0.370 e. The first-order valence-corrected chi connectivity index (χ1v) is 7.57. The van der Waals surface area contributed by atoms with Gasteiger partial charge < -0.3 is 9.64 Å². The van der Waals surface area contributed by atoms with Gasteiger partial charge >= 0.3 is 0 Å². The number of carbonyl (C=O) groups is 1. The van der Waals surface area contributed by atoms with Gasteiger partial charge in [-0.2, -0.15) is 0 Å². The standard InChI is InChI=1S/C15H18FN5O2/c1-2-14-17-18-19-21(14)10-15(22)20-7-8-23-13(9-20)11-3-5-12(16)6-4-11/h3-6,13H,2,7-10H2,1H3/t13-/m0/s1. The summed E-state index contributed by atoms with van der Waals surface area (Å²) in [4.78, 5) is 14.2. The molecule has 122 valence electrons. The molecule has 1 saturated heterocycles. The van der Waals surface area contributed by atoms with Crippen LogP contribution in [-0.4, -0.2) is 50.7 Å². The van der Waals surface area contributed by atoms with Gasteiger partial charge in [0.2, 0.25) is 5.91 Å². The number of aromatic nitrogens is 4. The molecule has 0 spiro atoms. The highest BCUT2D eigenvalue weighted by Gasteiger charge is 2.26. The smallest absolute Gasteiger partial charge is 0.244 e. The molecule has 2 aromatic rings. The highest BCUT2D eigenvalue weighted by molar-refractivity contribution is 5.76. The van der Waals surface area contributed by atoms with Crippen molar-refractivity contribution in [1.29, 1.82) is 0 Å². The first-order chi connectivity index (χ1) is 11.2. The number of carbonyl (C=O) groups excluding carboxylic acids is 1. The molecule has 1 fully saturated rings. The number of rotatable bonds is 4. The Kier molecular flexibility index (Phi) is 4.61. The van der Waals surface area contributed by atoms with Crippen molar-refractivity contribution in [2.24, 2.45) is 0 Å². The van der Waals surface area contributed by atoms with Gasteiger partial charge in [0, 0.05) is 13.0 Å². The van der Waals surface area contributed by atoms with Crippen molar-refractivity contribution in [1.82, 2.24) is 25.1 Å². The molecule has 1 aromatic carbocycles. The summed E-state index contributed by atoms with van der Waals surface area (Å²) >= 11 is 0. The van der Waals surface area contributed by atoms with Gasteiger partial charge in [-0.15, -0.1) is 5.10 Å². The van der Waals surface area contributed by atoms with Gasteiger partial charge in [-0.3, -0.25) is 4.79 Å². The number of halogens is 1. The van der Waals surface area contributed by atoms with E-state index in [0.29, 0.717) is 31.9 Å². The molecule has 0 radical (unpaired) electrons. The van der Waals surface area contributed by atoms with Gasteiger partial charge in [0.15, 0.2) is 5.82 Å². The number of amides is 1. The molecule has 0 aliphatic carbocycles. The molecule has 1 aromatic heterocycles. The average molecular weight is 319 g/mol. The number of hydrogen-bond donors (Lipinski definition) is 0. The third kappa shape index (κ3) is 3.53. The Balaban J connectivity index is 1.66. The monoisotopic (exact) mass is 319 g/mol. The maximum Gasteiger partial charge on any atom is 0.244 e. The maximum absolute atomic E-state index is 13.0. The topological polar surface area (TPSA) is 73.1 Å². The fourth-order valence-corrected chi connectivity index (χ4v) is 2.58. The Labute approximate surface area is 133 Å². The third-order valence-corrected chi connectivity index (χ3v) is 3.87. The second-order valence-electron chi connectivity index (χ2n) is 5.36. The van der Waals surface area contributed by atoms with Gasteiger partial charge in [-0.05, 0) is 28.1 Å². The molecule has 1 atom stereocenters. The zero-order chi connectivity index (χ0) is 16.2. The van der Waals surface area contributed by atoms with Gasteiger partial charge in [0.05, 0.1) is 13.2 Å². The normalized spacial score (nSPS) is 18.2. The van der Waals surface area contributed by atoms with Crippen LogP contribution in [0.25, 0.3) is 0 Å². The molecule has 0 bridgehead atoms. The first-order valence-electron chi connectivity index (χ1n) is 7.57.